The topological polar surface area (TPSA) is 32.6 Å². The van der Waals surface area contributed by atoms with Crippen LogP contribution in [0.15, 0.2) is 315 Å². The fourth-order valence-corrected chi connectivity index (χ4v) is 14.8. The number of aromatic nitrogens is 5. The highest BCUT2D eigenvalue weighted by Crippen LogP contribution is 2.52. The van der Waals surface area contributed by atoms with E-state index in [1.165, 1.54) is 0 Å². The summed E-state index contributed by atoms with van der Waals surface area (Å²) in [7, 11) is 0. The fraction of sp³-hybridized carbons (Fsp3) is 0.0119. The molecule has 0 aliphatic heterocycles. The van der Waals surface area contributed by atoms with Crippen LogP contribution in [0.5, 0.6) is 0 Å². The van der Waals surface area contributed by atoms with Crippen LogP contribution in [0.3, 0.4) is 0 Å². The van der Waals surface area contributed by atoms with E-state index in [-0.39, 0.29) is 0 Å². The normalized spacial score (nSPS) is 11.9. The summed E-state index contributed by atoms with van der Waals surface area (Å²) in [6.07, 6.45) is 0. The Kier molecular flexibility index (Phi) is 11.4. The summed E-state index contributed by atoms with van der Waals surface area (Å²) in [6, 6.07) is 116. The Balaban J connectivity index is 1.15. The molecule has 0 N–H and O–H groups in total. The lowest BCUT2D eigenvalue weighted by Gasteiger charge is -2.27. The van der Waals surface area contributed by atoms with Gasteiger partial charge in [0.1, 0.15) is 11.4 Å². The lowest BCUT2D eigenvalue weighted by molar-refractivity contribution is 0.961. The molecule has 5 aromatic heterocycles. The highest BCUT2D eigenvalue weighted by atomic mass is 15.2. The standard InChI is InChI=1S/C84H55N5/c1-54-28-14-15-37-59(54)80-81(86-68-46-20-16-38-64(68)65-39-17-21-47-69(65)86)83(88-72-50-24-42-60(55-29-6-2-7-30-55)76(72)77-61(43-25-51-73(77)88)56-31-8-3-9-32-56)85-84(82(80)87-70-48-22-18-40-66(70)67-41-19-23-49-71(67)87)89-74-52-26-44-62(57-33-10-4-11-34-57)78(74)79-63(45-27-53-75(79)89)58-35-12-5-13-36-58/h2-53H,1H3. The van der Waals surface area contributed by atoms with Crippen molar-refractivity contribution in [3.63, 3.8) is 0 Å². The van der Waals surface area contributed by atoms with Gasteiger partial charge in [-0.25, -0.2) is 4.98 Å². The summed E-state index contributed by atoms with van der Waals surface area (Å²) in [4.78, 5) is 6.71. The van der Waals surface area contributed by atoms with Crippen LogP contribution >= 0.6 is 0 Å². The van der Waals surface area contributed by atoms with Crippen molar-refractivity contribution in [1.29, 1.82) is 0 Å². The number of pyridine rings is 1. The van der Waals surface area contributed by atoms with Gasteiger partial charge in [-0.15, -0.1) is 0 Å². The summed E-state index contributed by atoms with van der Waals surface area (Å²) >= 11 is 0. The molecule has 13 aromatic carbocycles. The van der Waals surface area contributed by atoms with Gasteiger partial charge in [-0.05, 0) is 111 Å². The monoisotopic (exact) mass is 1130 g/mol. The Labute approximate surface area is 514 Å². The molecule has 0 aliphatic carbocycles. The first kappa shape index (κ1) is 50.5. The molecule has 0 unspecified atom stereocenters. The Morgan fingerprint density at radius 2 is 0.461 bits per heavy atom. The second-order valence-corrected chi connectivity index (χ2v) is 23.3. The number of hydrogen-bond acceptors (Lipinski definition) is 1. The second-order valence-electron chi connectivity index (χ2n) is 23.3. The maximum atomic E-state index is 6.71. The van der Waals surface area contributed by atoms with Crippen molar-refractivity contribution in [3.8, 4) is 78.6 Å². The van der Waals surface area contributed by atoms with Crippen molar-refractivity contribution in [2.45, 2.75) is 6.92 Å². The smallest absolute Gasteiger partial charge is 0.165 e. The van der Waals surface area contributed by atoms with Crippen molar-refractivity contribution in [3.05, 3.63) is 321 Å². The number of hydrogen-bond donors (Lipinski definition) is 0. The van der Waals surface area contributed by atoms with E-state index in [1.54, 1.807) is 0 Å². The van der Waals surface area contributed by atoms with Gasteiger partial charge >= 0.3 is 0 Å². The highest BCUT2D eigenvalue weighted by molar-refractivity contribution is 6.23. The van der Waals surface area contributed by atoms with Crippen molar-refractivity contribution in [2.24, 2.45) is 0 Å². The lowest BCUT2D eigenvalue weighted by Crippen LogP contribution is -2.16. The van der Waals surface area contributed by atoms with Crippen molar-refractivity contribution in [1.82, 2.24) is 23.3 Å². The molecular formula is C84H55N5. The van der Waals surface area contributed by atoms with Crippen LogP contribution in [0.25, 0.3) is 166 Å². The summed E-state index contributed by atoms with van der Waals surface area (Å²) < 4.78 is 10.1. The molecule has 0 amide bonds. The molecule has 416 valence electrons. The van der Waals surface area contributed by atoms with E-state index in [2.05, 4.69) is 341 Å². The van der Waals surface area contributed by atoms with Crippen LogP contribution in [0.4, 0.5) is 0 Å². The first-order chi connectivity index (χ1) is 44.2. The average Bonchev–Trinajstić information content (AvgIpc) is 1.59. The minimum atomic E-state index is 0.790. The van der Waals surface area contributed by atoms with Crippen LogP contribution in [-0.4, -0.2) is 23.3 Å². The quantitative estimate of drug-likeness (QED) is 0.142. The van der Waals surface area contributed by atoms with Crippen molar-refractivity contribution >= 4 is 87.2 Å². The zero-order valence-electron chi connectivity index (χ0n) is 48.8. The number of fused-ring (bicyclic) bond motifs is 12. The van der Waals surface area contributed by atoms with Crippen molar-refractivity contribution in [2.75, 3.05) is 0 Å². The molecule has 5 heteroatoms. The number of nitrogens with zero attached hydrogens (tertiary/aromatic N) is 5. The first-order valence-electron chi connectivity index (χ1n) is 30.6. The molecule has 0 radical (unpaired) electrons. The Hall–Kier alpha value is -11.8. The molecule has 0 fully saturated rings. The molecule has 18 aromatic rings. The van der Waals surface area contributed by atoms with Gasteiger partial charge in [-0.3, -0.25) is 9.13 Å². The van der Waals surface area contributed by atoms with Gasteiger partial charge in [0.15, 0.2) is 11.6 Å². The van der Waals surface area contributed by atoms with Crippen LogP contribution in [0, 0.1) is 6.92 Å². The molecule has 89 heavy (non-hydrogen) atoms. The molecule has 0 atom stereocenters. The minimum absolute atomic E-state index is 0.790. The number of para-hydroxylation sites is 4. The number of rotatable bonds is 9. The van der Waals surface area contributed by atoms with Gasteiger partial charge in [-0.1, -0.05) is 267 Å². The Morgan fingerprint density at radius 3 is 0.764 bits per heavy atom. The van der Waals surface area contributed by atoms with E-state index >= 15 is 0 Å². The van der Waals surface area contributed by atoms with Gasteiger partial charge in [0.25, 0.3) is 0 Å². The van der Waals surface area contributed by atoms with Gasteiger partial charge in [-0.2, -0.15) is 0 Å². The van der Waals surface area contributed by atoms with Gasteiger partial charge in [0, 0.05) is 48.7 Å². The van der Waals surface area contributed by atoms with E-state index in [0.717, 1.165) is 171 Å². The second kappa shape index (κ2) is 20.2. The molecule has 0 bridgehead atoms. The molecule has 18 rings (SSSR count). The SMILES string of the molecule is Cc1ccccc1-c1c(-n2c3ccccc3c3ccccc32)c(-n2c3cccc(-c4ccccc4)c3c3c(-c4ccccc4)cccc32)nc(-n2c3cccc(-c4ccccc4)c3c3c(-c4ccccc4)cccc32)c1-n1c2ccccc2c2ccccc21. The molecule has 5 nitrogen and oxygen atoms in total. The highest BCUT2D eigenvalue weighted by Gasteiger charge is 2.34. The van der Waals surface area contributed by atoms with E-state index in [0.29, 0.717) is 0 Å². The molecular weight excluding hydrogens is 1080 g/mol. The Morgan fingerprint density at radius 1 is 0.213 bits per heavy atom. The van der Waals surface area contributed by atoms with Gasteiger partial charge < -0.3 is 9.13 Å². The molecule has 5 heterocycles. The van der Waals surface area contributed by atoms with E-state index in [9.17, 15) is 0 Å². The van der Waals surface area contributed by atoms with Crippen LogP contribution in [-0.2, 0) is 0 Å². The third kappa shape index (κ3) is 7.59. The summed E-state index contributed by atoms with van der Waals surface area (Å²) in [6.45, 7) is 2.28. The minimum Gasteiger partial charge on any atom is -0.305 e. The van der Waals surface area contributed by atoms with Crippen molar-refractivity contribution < 1.29 is 0 Å². The zero-order valence-corrected chi connectivity index (χ0v) is 48.8. The first-order valence-corrected chi connectivity index (χ1v) is 30.6. The zero-order chi connectivity index (χ0) is 58.7. The van der Waals surface area contributed by atoms with E-state index < -0.39 is 0 Å². The summed E-state index contributed by atoms with van der Waals surface area (Å²) in [5.41, 5.74) is 22.9. The number of aryl methyl sites for hydroxylation is 1. The molecule has 0 aliphatic rings. The Bertz CT molecular complexity index is 5210. The van der Waals surface area contributed by atoms with Crippen LogP contribution < -0.4 is 0 Å². The fourth-order valence-electron chi connectivity index (χ4n) is 14.8. The van der Waals surface area contributed by atoms with Crippen LogP contribution in [0.1, 0.15) is 5.56 Å². The summed E-state index contributed by atoms with van der Waals surface area (Å²) in [5, 5.41) is 9.29. The van der Waals surface area contributed by atoms with Gasteiger partial charge in [0.2, 0.25) is 0 Å². The van der Waals surface area contributed by atoms with E-state index in [4.69, 9.17) is 4.98 Å². The third-order valence-electron chi connectivity index (χ3n) is 18.5. The van der Waals surface area contributed by atoms with Crippen LogP contribution in [0.2, 0.25) is 0 Å². The third-order valence-corrected chi connectivity index (χ3v) is 18.5. The molecule has 0 saturated carbocycles. The maximum Gasteiger partial charge on any atom is 0.165 e. The van der Waals surface area contributed by atoms with Gasteiger partial charge in [0.05, 0.1) is 44.1 Å². The predicted octanol–water partition coefficient (Wildman–Crippen LogP) is 22.1. The maximum absolute atomic E-state index is 6.71. The predicted molar refractivity (Wildman–Crippen MR) is 374 cm³/mol. The molecule has 0 spiro atoms. The lowest BCUT2D eigenvalue weighted by atomic mass is 9.95. The average molecular weight is 1130 g/mol. The van der Waals surface area contributed by atoms with E-state index in [1.807, 2.05) is 0 Å². The number of benzene rings is 13. The molecule has 0 saturated heterocycles. The largest absolute Gasteiger partial charge is 0.305 e. The summed E-state index contributed by atoms with van der Waals surface area (Å²) in [5.74, 6) is 1.58.